The normalized spacial score (nSPS) is 15.9. The van der Waals surface area contributed by atoms with Gasteiger partial charge in [0.2, 0.25) is 0 Å². The summed E-state index contributed by atoms with van der Waals surface area (Å²) in [5.41, 5.74) is 1.02. The van der Waals surface area contributed by atoms with Gasteiger partial charge in [-0.2, -0.15) is 0 Å². The summed E-state index contributed by atoms with van der Waals surface area (Å²) in [6, 6.07) is 1.79. The summed E-state index contributed by atoms with van der Waals surface area (Å²) < 4.78 is 28.0. The van der Waals surface area contributed by atoms with Crippen molar-refractivity contribution in [3.05, 3.63) is 24.2 Å². The Kier molecular flexibility index (Phi) is 4.56. The second kappa shape index (κ2) is 5.50. The van der Waals surface area contributed by atoms with Gasteiger partial charge < -0.3 is 9.73 Å². The van der Waals surface area contributed by atoms with Crippen molar-refractivity contribution in [1.82, 2.24) is 5.32 Å². The molecule has 1 aromatic rings. The van der Waals surface area contributed by atoms with Crippen molar-refractivity contribution in [2.24, 2.45) is 0 Å². The lowest BCUT2D eigenvalue weighted by Gasteiger charge is -2.22. The average Bonchev–Trinajstić information content (AvgIpc) is 2.67. The van der Waals surface area contributed by atoms with Crippen LogP contribution in [0.4, 0.5) is 0 Å². The van der Waals surface area contributed by atoms with E-state index in [2.05, 4.69) is 5.32 Å². The fraction of sp³-hybridized carbons (Fsp3) is 0.636. The molecule has 5 heteroatoms. The first-order valence-corrected chi connectivity index (χ1v) is 7.34. The molecule has 1 aromatic heterocycles. The Bertz CT molecular complexity index is 397. The molecule has 0 saturated heterocycles. The fourth-order valence-electron chi connectivity index (χ4n) is 1.63. The van der Waals surface area contributed by atoms with Crippen LogP contribution < -0.4 is 5.32 Å². The van der Waals surface area contributed by atoms with Gasteiger partial charge in [-0.15, -0.1) is 0 Å². The van der Waals surface area contributed by atoms with E-state index in [1.807, 2.05) is 13.0 Å². The largest absolute Gasteiger partial charge is 0.472 e. The maximum absolute atomic E-state index is 11.5. The molecule has 0 aliphatic rings. The summed E-state index contributed by atoms with van der Waals surface area (Å²) in [5.74, 6) is 0. The van der Waals surface area contributed by atoms with Crippen molar-refractivity contribution in [1.29, 1.82) is 0 Å². The van der Waals surface area contributed by atoms with Gasteiger partial charge in [0.1, 0.15) is 0 Å². The Balaban J connectivity index is 2.75. The van der Waals surface area contributed by atoms with Gasteiger partial charge in [0.05, 0.1) is 17.8 Å². The van der Waals surface area contributed by atoms with Gasteiger partial charge in [-0.3, -0.25) is 0 Å². The lowest BCUT2D eigenvalue weighted by atomic mass is 10.1. The first-order chi connectivity index (χ1) is 7.45. The predicted octanol–water partition coefficient (Wildman–Crippen LogP) is 1.23. The fourth-order valence-corrected chi connectivity index (χ4v) is 2.42. The zero-order valence-electron chi connectivity index (χ0n) is 9.93. The third-order valence-corrected chi connectivity index (χ3v) is 4.42. The smallest absolute Gasteiger partial charge is 0.151 e. The Morgan fingerprint density at radius 2 is 2.19 bits per heavy atom. The Morgan fingerprint density at radius 3 is 2.62 bits per heavy atom. The van der Waals surface area contributed by atoms with Gasteiger partial charge >= 0.3 is 0 Å². The van der Waals surface area contributed by atoms with E-state index in [0.717, 1.165) is 12.1 Å². The second-order valence-corrected chi connectivity index (χ2v) is 6.44. The molecule has 1 N–H and O–H groups in total. The number of hydrogen-bond donors (Lipinski definition) is 1. The molecule has 0 radical (unpaired) electrons. The molecule has 2 atom stereocenters. The molecule has 0 saturated carbocycles. The topological polar surface area (TPSA) is 59.3 Å². The number of furan rings is 1. The Morgan fingerprint density at radius 1 is 1.50 bits per heavy atom. The van der Waals surface area contributed by atoms with Crippen LogP contribution in [0, 0.1) is 0 Å². The van der Waals surface area contributed by atoms with Crippen LogP contribution in [0.25, 0.3) is 0 Å². The summed E-state index contributed by atoms with van der Waals surface area (Å²) >= 11 is 0. The highest BCUT2D eigenvalue weighted by Crippen LogP contribution is 2.11. The van der Waals surface area contributed by atoms with Gasteiger partial charge in [0.15, 0.2) is 9.84 Å². The maximum Gasteiger partial charge on any atom is 0.151 e. The van der Waals surface area contributed by atoms with E-state index in [-0.39, 0.29) is 6.04 Å². The number of hydrogen-bond acceptors (Lipinski definition) is 4. The summed E-state index contributed by atoms with van der Waals surface area (Å²) in [4.78, 5) is 0. The molecular formula is C11H19NO3S. The quantitative estimate of drug-likeness (QED) is 0.819. The highest BCUT2D eigenvalue weighted by Gasteiger charge is 2.25. The van der Waals surface area contributed by atoms with Gasteiger partial charge in [0, 0.05) is 12.3 Å². The molecule has 0 spiro atoms. The van der Waals surface area contributed by atoms with Crippen LogP contribution in [0.2, 0.25) is 0 Å². The van der Waals surface area contributed by atoms with Gasteiger partial charge in [-0.1, -0.05) is 6.92 Å². The summed E-state index contributed by atoms with van der Waals surface area (Å²) in [6.07, 6.45) is 5.19. The molecule has 1 heterocycles. The highest BCUT2D eigenvalue weighted by atomic mass is 32.2. The molecule has 0 fully saturated rings. The van der Waals surface area contributed by atoms with E-state index in [1.54, 1.807) is 19.5 Å². The van der Waals surface area contributed by atoms with Crippen molar-refractivity contribution in [3.8, 4) is 0 Å². The predicted molar refractivity (Wildman–Crippen MR) is 64.2 cm³/mol. The van der Waals surface area contributed by atoms with E-state index in [4.69, 9.17) is 4.42 Å². The molecule has 1 rings (SSSR count). The van der Waals surface area contributed by atoms with Crippen molar-refractivity contribution in [2.45, 2.75) is 31.6 Å². The lowest BCUT2D eigenvalue weighted by Crippen LogP contribution is -2.43. The molecule has 92 valence electrons. The zero-order valence-corrected chi connectivity index (χ0v) is 10.8. The van der Waals surface area contributed by atoms with Crippen LogP contribution in [-0.2, 0) is 16.3 Å². The third-order valence-electron chi connectivity index (χ3n) is 2.74. The Hall–Kier alpha value is -0.810. The lowest BCUT2D eigenvalue weighted by molar-refractivity contribution is 0.490. The summed E-state index contributed by atoms with van der Waals surface area (Å²) in [7, 11) is -3.02. The first kappa shape index (κ1) is 13.3. The summed E-state index contributed by atoms with van der Waals surface area (Å²) in [5, 5.41) is 2.81. The van der Waals surface area contributed by atoms with Crippen LogP contribution in [0.1, 0.15) is 19.4 Å². The van der Waals surface area contributed by atoms with Crippen molar-refractivity contribution in [3.63, 3.8) is 0 Å². The number of likely N-dealkylation sites (N-methyl/N-ethyl adjacent to an activating group) is 1. The molecule has 0 bridgehead atoms. The molecule has 2 unspecified atom stereocenters. The average molecular weight is 245 g/mol. The number of rotatable bonds is 6. The minimum atomic E-state index is -3.02. The van der Waals surface area contributed by atoms with Crippen molar-refractivity contribution >= 4 is 9.84 Å². The minimum absolute atomic E-state index is 0.0717. The van der Waals surface area contributed by atoms with Crippen molar-refractivity contribution in [2.75, 3.05) is 12.8 Å². The maximum atomic E-state index is 11.5. The molecule has 0 aliphatic heterocycles. The van der Waals surface area contributed by atoms with Gasteiger partial charge in [-0.05, 0) is 31.5 Å². The summed E-state index contributed by atoms with van der Waals surface area (Å²) in [6.45, 7) is 4.46. The van der Waals surface area contributed by atoms with Gasteiger partial charge in [0.25, 0.3) is 0 Å². The monoisotopic (exact) mass is 245 g/mol. The van der Waals surface area contributed by atoms with E-state index in [9.17, 15) is 8.42 Å². The molecular weight excluding hydrogens is 226 g/mol. The van der Waals surface area contributed by atoms with Crippen LogP contribution in [0.15, 0.2) is 23.0 Å². The molecule has 0 amide bonds. The second-order valence-electron chi connectivity index (χ2n) is 4.03. The standard InChI is InChI=1S/C11H19NO3S/c1-4-12-11(9(2)16(3,13)14)7-10-5-6-15-8-10/h5-6,8-9,11-12H,4,7H2,1-3H3. The third kappa shape index (κ3) is 3.64. The van der Waals surface area contributed by atoms with E-state index in [0.29, 0.717) is 6.42 Å². The van der Waals surface area contributed by atoms with E-state index < -0.39 is 15.1 Å². The van der Waals surface area contributed by atoms with Crippen LogP contribution in [0.3, 0.4) is 0 Å². The van der Waals surface area contributed by atoms with E-state index >= 15 is 0 Å². The minimum Gasteiger partial charge on any atom is -0.472 e. The highest BCUT2D eigenvalue weighted by molar-refractivity contribution is 7.91. The number of nitrogens with one attached hydrogen (secondary N) is 1. The van der Waals surface area contributed by atoms with Crippen LogP contribution >= 0.6 is 0 Å². The van der Waals surface area contributed by atoms with Gasteiger partial charge in [-0.25, -0.2) is 8.42 Å². The van der Waals surface area contributed by atoms with Crippen LogP contribution in [0.5, 0.6) is 0 Å². The molecule has 0 aliphatic carbocycles. The van der Waals surface area contributed by atoms with E-state index in [1.165, 1.54) is 6.26 Å². The van der Waals surface area contributed by atoms with Crippen molar-refractivity contribution < 1.29 is 12.8 Å². The Labute approximate surface area is 97.0 Å². The molecule has 0 aromatic carbocycles. The first-order valence-electron chi connectivity index (χ1n) is 5.38. The van der Waals surface area contributed by atoms with Crippen LogP contribution in [-0.4, -0.2) is 32.5 Å². The molecule has 4 nitrogen and oxygen atoms in total. The molecule has 16 heavy (non-hydrogen) atoms. The number of sulfone groups is 1. The SMILES string of the molecule is CCNC(Cc1ccoc1)C(C)S(C)(=O)=O. The zero-order chi connectivity index (χ0) is 12.2.